The number of aldehydes is 1. The lowest BCUT2D eigenvalue weighted by Crippen LogP contribution is -2.11. The first kappa shape index (κ1) is 10.4. The molecule has 6 heteroatoms. The standard InChI is InChI=1S/C9H12N2O3S/c1-7-8(5-12)4-11(10-7)9-2-3-15(13,14)6-9/h4-5,9H,2-3,6H2,1H3. The Morgan fingerprint density at radius 3 is 2.80 bits per heavy atom. The molecule has 0 aliphatic carbocycles. The number of hydrogen-bond acceptors (Lipinski definition) is 4. The van der Waals surface area contributed by atoms with Crippen LogP contribution >= 0.6 is 0 Å². The fraction of sp³-hybridized carbons (Fsp3) is 0.556. The summed E-state index contributed by atoms with van der Waals surface area (Å²) in [7, 11) is -2.90. The highest BCUT2D eigenvalue weighted by molar-refractivity contribution is 7.91. The quantitative estimate of drug-likeness (QED) is 0.685. The van der Waals surface area contributed by atoms with Gasteiger partial charge in [-0.2, -0.15) is 5.10 Å². The minimum absolute atomic E-state index is 0.109. The third kappa shape index (κ3) is 1.94. The zero-order valence-corrected chi connectivity index (χ0v) is 9.20. The zero-order chi connectivity index (χ0) is 11.1. The molecule has 0 N–H and O–H groups in total. The van der Waals surface area contributed by atoms with Crippen LogP contribution < -0.4 is 0 Å². The van der Waals surface area contributed by atoms with Crippen molar-refractivity contribution in [3.8, 4) is 0 Å². The lowest BCUT2D eigenvalue weighted by molar-refractivity contribution is 0.112. The number of nitrogens with zero attached hydrogens (tertiary/aromatic N) is 2. The molecule has 1 aromatic heterocycles. The number of sulfone groups is 1. The normalized spacial score (nSPS) is 24.2. The predicted octanol–water partition coefficient (Wildman–Crippen LogP) is 0.364. The van der Waals surface area contributed by atoms with Gasteiger partial charge in [0.15, 0.2) is 16.1 Å². The van der Waals surface area contributed by atoms with Crippen LogP contribution in [0.2, 0.25) is 0 Å². The summed E-state index contributed by atoms with van der Waals surface area (Å²) in [6, 6.07) is -0.109. The third-order valence-electron chi connectivity index (χ3n) is 2.66. The maximum atomic E-state index is 11.3. The van der Waals surface area contributed by atoms with Crippen molar-refractivity contribution in [3.05, 3.63) is 17.5 Å². The maximum absolute atomic E-state index is 11.3. The number of hydrogen-bond donors (Lipinski definition) is 0. The minimum atomic E-state index is -2.90. The van der Waals surface area contributed by atoms with Crippen LogP contribution in [-0.4, -0.2) is 36.0 Å². The highest BCUT2D eigenvalue weighted by atomic mass is 32.2. The number of aryl methyl sites for hydroxylation is 1. The fourth-order valence-corrected chi connectivity index (χ4v) is 3.49. The van der Waals surface area contributed by atoms with E-state index in [-0.39, 0.29) is 17.5 Å². The minimum Gasteiger partial charge on any atom is -0.298 e. The fourth-order valence-electron chi connectivity index (χ4n) is 1.78. The molecule has 1 aromatic rings. The Morgan fingerprint density at radius 1 is 1.60 bits per heavy atom. The smallest absolute Gasteiger partial charge is 0.153 e. The van der Waals surface area contributed by atoms with Gasteiger partial charge in [-0.25, -0.2) is 8.42 Å². The Balaban J connectivity index is 2.28. The molecular weight excluding hydrogens is 216 g/mol. The van der Waals surface area contributed by atoms with Gasteiger partial charge in [0.05, 0.1) is 28.8 Å². The first-order valence-electron chi connectivity index (χ1n) is 4.73. The lowest BCUT2D eigenvalue weighted by atomic mass is 10.2. The van der Waals surface area contributed by atoms with Gasteiger partial charge in [-0.1, -0.05) is 0 Å². The number of carbonyl (C=O) groups excluding carboxylic acids is 1. The van der Waals surface area contributed by atoms with E-state index >= 15 is 0 Å². The van der Waals surface area contributed by atoms with Crippen LogP contribution in [0, 0.1) is 6.92 Å². The molecule has 0 bridgehead atoms. The molecule has 5 nitrogen and oxygen atoms in total. The lowest BCUT2D eigenvalue weighted by Gasteiger charge is -2.06. The monoisotopic (exact) mass is 228 g/mol. The summed E-state index contributed by atoms with van der Waals surface area (Å²) in [6.45, 7) is 1.74. The molecule has 1 aliphatic rings. The van der Waals surface area contributed by atoms with Crippen molar-refractivity contribution in [1.82, 2.24) is 9.78 Å². The van der Waals surface area contributed by atoms with E-state index < -0.39 is 9.84 Å². The molecule has 82 valence electrons. The maximum Gasteiger partial charge on any atom is 0.153 e. The van der Waals surface area contributed by atoms with Crippen LogP contribution in [0.15, 0.2) is 6.20 Å². The van der Waals surface area contributed by atoms with E-state index in [4.69, 9.17) is 0 Å². The Kier molecular flexibility index (Phi) is 2.38. The Hall–Kier alpha value is -1.17. The second kappa shape index (κ2) is 3.44. The second-order valence-electron chi connectivity index (χ2n) is 3.82. The molecule has 0 radical (unpaired) electrons. The zero-order valence-electron chi connectivity index (χ0n) is 8.38. The molecular formula is C9H12N2O3S. The molecule has 1 atom stereocenters. The second-order valence-corrected chi connectivity index (χ2v) is 6.05. The molecule has 15 heavy (non-hydrogen) atoms. The summed E-state index contributed by atoms with van der Waals surface area (Å²) >= 11 is 0. The number of carbonyl (C=O) groups is 1. The summed E-state index contributed by atoms with van der Waals surface area (Å²) in [5.41, 5.74) is 1.17. The highest BCUT2D eigenvalue weighted by Gasteiger charge is 2.29. The molecule has 1 aliphatic heterocycles. The summed E-state index contributed by atoms with van der Waals surface area (Å²) < 4.78 is 24.1. The first-order chi connectivity index (χ1) is 7.02. The van der Waals surface area contributed by atoms with Crippen molar-refractivity contribution in [3.63, 3.8) is 0 Å². The molecule has 1 fully saturated rings. The van der Waals surface area contributed by atoms with Gasteiger partial charge in [-0.3, -0.25) is 9.48 Å². The van der Waals surface area contributed by atoms with Crippen LogP contribution in [0.4, 0.5) is 0 Å². The highest BCUT2D eigenvalue weighted by Crippen LogP contribution is 2.23. The summed E-state index contributed by atoms with van der Waals surface area (Å²) in [5, 5.41) is 4.15. The van der Waals surface area contributed by atoms with Crippen molar-refractivity contribution in [2.24, 2.45) is 0 Å². The average Bonchev–Trinajstić information content (AvgIpc) is 2.69. The molecule has 1 saturated heterocycles. The summed E-state index contributed by atoms with van der Waals surface area (Å²) in [4.78, 5) is 10.6. The third-order valence-corrected chi connectivity index (χ3v) is 4.41. The van der Waals surface area contributed by atoms with Gasteiger partial charge in [-0.05, 0) is 13.3 Å². The molecule has 0 saturated carbocycles. The molecule has 1 unspecified atom stereocenters. The average molecular weight is 228 g/mol. The Labute approximate surface area is 88.0 Å². The van der Waals surface area contributed by atoms with E-state index in [0.717, 1.165) is 6.29 Å². The summed E-state index contributed by atoms with van der Waals surface area (Å²) in [5.74, 6) is 0.347. The van der Waals surface area contributed by atoms with Crippen LogP contribution in [0.25, 0.3) is 0 Å². The Morgan fingerprint density at radius 2 is 2.33 bits per heavy atom. The van der Waals surface area contributed by atoms with Crippen molar-refractivity contribution in [2.75, 3.05) is 11.5 Å². The van der Waals surface area contributed by atoms with E-state index in [9.17, 15) is 13.2 Å². The van der Waals surface area contributed by atoms with E-state index in [0.29, 0.717) is 17.7 Å². The van der Waals surface area contributed by atoms with Crippen LogP contribution in [-0.2, 0) is 9.84 Å². The van der Waals surface area contributed by atoms with Crippen LogP contribution in [0.5, 0.6) is 0 Å². The van der Waals surface area contributed by atoms with Gasteiger partial charge in [0.1, 0.15) is 0 Å². The largest absolute Gasteiger partial charge is 0.298 e. The summed E-state index contributed by atoms with van der Waals surface area (Å²) in [6.07, 6.45) is 2.94. The van der Waals surface area contributed by atoms with Crippen molar-refractivity contribution in [1.29, 1.82) is 0 Å². The Bertz CT molecular complexity index is 489. The van der Waals surface area contributed by atoms with Crippen LogP contribution in [0.3, 0.4) is 0 Å². The molecule has 2 heterocycles. The van der Waals surface area contributed by atoms with E-state index in [1.54, 1.807) is 17.8 Å². The SMILES string of the molecule is Cc1nn(C2CCS(=O)(=O)C2)cc1C=O. The van der Waals surface area contributed by atoms with Crippen molar-refractivity contribution < 1.29 is 13.2 Å². The van der Waals surface area contributed by atoms with E-state index in [1.165, 1.54) is 0 Å². The first-order valence-corrected chi connectivity index (χ1v) is 6.55. The predicted molar refractivity (Wildman–Crippen MR) is 54.7 cm³/mol. The van der Waals surface area contributed by atoms with Crippen molar-refractivity contribution >= 4 is 16.1 Å². The number of aromatic nitrogens is 2. The molecule has 0 spiro atoms. The van der Waals surface area contributed by atoms with Gasteiger partial charge in [0.2, 0.25) is 0 Å². The molecule has 0 amide bonds. The van der Waals surface area contributed by atoms with Gasteiger partial charge >= 0.3 is 0 Å². The van der Waals surface area contributed by atoms with Gasteiger partial charge in [-0.15, -0.1) is 0 Å². The van der Waals surface area contributed by atoms with Crippen LogP contribution in [0.1, 0.15) is 28.5 Å². The molecule has 2 rings (SSSR count). The topological polar surface area (TPSA) is 69.0 Å². The van der Waals surface area contributed by atoms with Gasteiger partial charge in [0.25, 0.3) is 0 Å². The van der Waals surface area contributed by atoms with Gasteiger partial charge in [0, 0.05) is 6.20 Å². The van der Waals surface area contributed by atoms with Gasteiger partial charge < -0.3 is 0 Å². The van der Waals surface area contributed by atoms with Crippen molar-refractivity contribution in [2.45, 2.75) is 19.4 Å². The van der Waals surface area contributed by atoms with E-state index in [2.05, 4.69) is 5.10 Å². The number of rotatable bonds is 2. The molecule has 0 aromatic carbocycles. The van der Waals surface area contributed by atoms with E-state index in [1.807, 2.05) is 0 Å².